The second-order valence-electron chi connectivity index (χ2n) is 3.28. The molecule has 0 aliphatic heterocycles. The van der Waals surface area contributed by atoms with Crippen LogP contribution >= 0.6 is 11.3 Å². The molecule has 5 heteroatoms. The van der Waals surface area contributed by atoms with Crippen LogP contribution in [-0.4, -0.2) is 17.2 Å². The summed E-state index contributed by atoms with van der Waals surface area (Å²) in [5.74, 6) is 0.241. The molecule has 0 aromatic carbocycles. The first-order valence-corrected chi connectivity index (χ1v) is 5.36. The fourth-order valence-corrected chi connectivity index (χ4v) is 1.82. The number of amides is 1. The lowest BCUT2D eigenvalue weighted by atomic mass is 10.4. The molecule has 0 bridgehead atoms. The zero-order valence-corrected chi connectivity index (χ0v) is 8.34. The maximum atomic E-state index is 11.3. The van der Waals surface area contributed by atoms with Gasteiger partial charge in [0.05, 0.1) is 5.69 Å². The van der Waals surface area contributed by atoms with Gasteiger partial charge >= 0.3 is 0 Å². The van der Waals surface area contributed by atoms with Crippen molar-refractivity contribution in [3.8, 4) is 0 Å². The summed E-state index contributed by atoms with van der Waals surface area (Å²) < 4.78 is 0. The van der Waals surface area contributed by atoms with Crippen LogP contribution in [0.3, 0.4) is 0 Å². The molecule has 1 heterocycles. The van der Waals surface area contributed by atoms with Gasteiger partial charge in [-0.3, -0.25) is 4.79 Å². The molecule has 0 radical (unpaired) electrons. The molecule has 1 amide bonds. The average Bonchev–Trinajstić information content (AvgIpc) is 2.92. The van der Waals surface area contributed by atoms with Crippen molar-refractivity contribution in [2.75, 3.05) is 5.32 Å². The van der Waals surface area contributed by atoms with E-state index in [-0.39, 0.29) is 11.8 Å². The zero-order chi connectivity index (χ0) is 9.97. The van der Waals surface area contributed by atoms with Crippen LogP contribution in [0, 0.1) is 5.92 Å². The molecule has 2 rings (SSSR count). The number of nitrogens with zero attached hydrogens (tertiary/aromatic N) is 1. The quantitative estimate of drug-likeness (QED) is 0.760. The number of carbonyl (C=O) groups excluding carboxylic acids is 2. The predicted octanol–water partition coefficient (Wildman–Crippen LogP) is 1.23. The number of rotatable bonds is 4. The van der Waals surface area contributed by atoms with Crippen LogP contribution in [0.2, 0.25) is 0 Å². The highest BCUT2D eigenvalue weighted by atomic mass is 32.1. The van der Waals surface area contributed by atoms with Crippen molar-refractivity contribution in [1.82, 2.24) is 4.98 Å². The molecule has 0 saturated heterocycles. The third kappa shape index (κ3) is 2.17. The van der Waals surface area contributed by atoms with Crippen LogP contribution in [0.5, 0.6) is 0 Å². The van der Waals surface area contributed by atoms with E-state index in [1.165, 1.54) is 11.3 Å². The summed E-state index contributed by atoms with van der Waals surface area (Å²) in [5, 5.41) is 5.12. The van der Waals surface area contributed by atoms with Gasteiger partial charge in [-0.2, -0.15) is 0 Å². The first-order chi connectivity index (χ1) is 6.79. The Labute approximate surface area is 85.3 Å². The molecule has 74 valence electrons. The second kappa shape index (κ2) is 3.88. The molecule has 1 aliphatic carbocycles. The molecular formula is C9H10N2O2S. The fourth-order valence-electron chi connectivity index (χ4n) is 1.10. The lowest BCUT2D eigenvalue weighted by Gasteiger charge is -1.97. The molecular weight excluding hydrogens is 200 g/mol. The highest BCUT2D eigenvalue weighted by Gasteiger charge is 2.29. The summed E-state index contributed by atoms with van der Waals surface area (Å²) in [4.78, 5) is 25.6. The molecule has 1 N–H and O–H groups in total. The topological polar surface area (TPSA) is 59.1 Å². The summed E-state index contributed by atoms with van der Waals surface area (Å²) in [7, 11) is 0. The largest absolute Gasteiger partial charge is 0.303 e. The van der Waals surface area contributed by atoms with Crippen molar-refractivity contribution in [1.29, 1.82) is 0 Å². The van der Waals surface area contributed by atoms with Gasteiger partial charge in [-0.05, 0) is 12.8 Å². The van der Waals surface area contributed by atoms with E-state index in [4.69, 9.17) is 0 Å². The van der Waals surface area contributed by atoms with Gasteiger partial charge < -0.3 is 10.1 Å². The van der Waals surface area contributed by atoms with E-state index < -0.39 is 0 Å². The van der Waals surface area contributed by atoms with Gasteiger partial charge in [0.1, 0.15) is 6.29 Å². The normalized spacial score (nSPS) is 15.1. The van der Waals surface area contributed by atoms with Crippen LogP contribution in [0.25, 0.3) is 0 Å². The van der Waals surface area contributed by atoms with Gasteiger partial charge in [-0.15, -0.1) is 11.3 Å². The summed E-state index contributed by atoms with van der Waals surface area (Å²) in [6.45, 7) is 0. The van der Waals surface area contributed by atoms with Gasteiger partial charge in [-0.1, -0.05) is 0 Å². The minimum absolute atomic E-state index is 0.0528. The standard InChI is InChI=1S/C9H10N2O2S/c12-4-3-7-5-14-9(10-7)11-8(13)6-1-2-6/h4-6H,1-3H2,(H,10,11,13). The average molecular weight is 210 g/mol. The van der Waals surface area contributed by atoms with Gasteiger partial charge in [0.25, 0.3) is 0 Å². The molecule has 1 saturated carbocycles. The monoisotopic (exact) mass is 210 g/mol. The van der Waals surface area contributed by atoms with Crippen LogP contribution < -0.4 is 5.32 Å². The van der Waals surface area contributed by atoms with E-state index >= 15 is 0 Å². The Hall–Kier alpha value is -1.23. The number of carbonyl (C=O) groups is 2. The molecule has 1 aromatic rings. The van der Waals surface area contributed by atoms with Crippen LogP contribution in [0.15, 0.2) is 5.38 Å². The maximum Gasteiger partial charge on any atom is 0.229 e. The maximum absolute atomic E-state index is 11.3. The number of hydrogen-bond acceptors (Lipinski definition) is 4. The van der Waals surface area contributed by atoms with Crippen molar-refractivity contribution in [2.24, 2.45) is 5.92 Å². The number of aromatic nitrogens is 1. The van der Waals surface area contributed by atoms with E-state index in [2.05, 4.69) is 10.3 Å². The first kappa shape index (κ1) is 9.33. The SMILES string of the molecule is O=CCc1csc(NC(=O)C2CC2)n1. The molecule has 1 fully saturated rings. The minimum Gasteiger partial charge on any atom is -0.303 e. The van der Waals surface area contributed by atoms with Crippen LogP contribution in [0.4, 0.5) is 5.13 Å². The van der Waals surface area contributed by atoms with Gasteiger partial charge in [0.15, 0.2) is 5.13 Å². The Morgan fingerprint density at radius 1 is 1.71 bits per heavy atom. The van der Waals surface area contributed by atoms with E-state index in [0.717, 1.165) is 24.8 Å². The van der Waals surface area contributed by atoms with Gasteiger partial charge in [0.2, 0.25) is 5.91 Å². The summed E-state index contributed by atoms with van der Waals surface area (Å²) in [6, 6.07) is 0. The summed E-state index contributed by atoms with van der Waals surface area (Å²) in [5.41, 5.74) is 0.719. The lowest BCUT2D eigenvalue weighted by Crippen LogP contribution is -2.13. The molecule has 1 aliphatic rings. The molecule has 1 aromatic heterocycles. The number of hydrogen-bond donors (Lipinski definition) is 1. The molecule has 4 nitrogen and oxygen atoms in total. The Morgan fingerprint density at radius 2 is 2.50 bits per heavy atom. The Balaban J connectivity index is 1.94. The highest BCUT2D eigenvalue weighted by molar-refractivity contribution is 7.13. The smallest absolute Gasteiger partial charge is 0.229 e. The van der Waals surface area contributed by atoms with E-state index in [1.807, 2.05) is 0 Å². The molecule has 0 spiro atoms. The number of anilines is 1. The summed E-state index contributed by atoms with van der Waals surface area (Å²) in [6.07, 6.45) is 3.09. The first-order valence-electron chi connectivity index (χ1n) is 4.48. The molecule has 14 heavy (non-hydrogen) atoms. The number of aldehydes is 1. The Morgan fingerprint density at radius 3 is 3.14 bits per heavy atom. The Bertz CT molecular complexity index is 357. The van der Waals surface area contributed by atoms with E-state index in [1.54, 1.807) is 5.38 Å². The number of thiazole rings is 1. The minimum atomic E-state index is 0.0528. The van der Waals surface area contributed by atoms with Crippen LogP contribution in [-0.2, 0) is 16.0 Å². The second-order valence-corrected chi connectivity index (χ2v) is 4.14. The highest BCUT2D eigenvalue weighted by Crippen LogP contribution is 2.30. The summed E-state index contributed by atoms with van der Waals surface area (Å²) >= 11 is 1.36. The van der Waals surface area contributed by atoms with E-state index in [0.29, 0.717) is 11.6 Å². The predicted molar refractivity (Wildman–Crippen MR) is 53.2 cm³/mol. The fraction of sp³-hybridized carbons (Fsp3) is 0.444. The van der Waals surface area contributed by atoms with Gasteiger partial charge in [-0.25, -0.2) is 4.98 Å². The molecule has 0 unspecified atom stereocenters. The van der Waals surface area contributed by atoms with Crippen molar-refractivity contribution in [3.63, 3.8) is 0 Å². The van der Waals surface area contributed by atoms with E-state index in [9.17, 15) is 9.59 Å². The zero-order valence-electron chi connectivity index (χ0n) is 7.53. The van der Waals surface area contributed by atoms with Crippen molar-refractivity contribution < 1.29 is 9.59 Å². The Kier molecular flexibility index (Phi) is 2.58. The third-order valence-electron chi connectivity index (χ3n) is 2.02. The van der Waals surface area contributed by atoms with Crippen LogP contribution in [0.1, 0.15) is 18.5 Å². The van der Waals surface area contributed by atoms with Crippen molar-refractivity contribution in [3.05, 3.63) is 11.1 Å². The van der Waals surface area contributed by atoms with Crippen molar-refractivity contribution >= 4 is 28.7 Å². The van der Waals surface area contributed by atoms with Crippen molar-refractivity contribution in [2.45, 2.75) is 19.3 Å². The van der Waals surface area contributed by atoms with Gasteiger partial charge in [0, 0.05) is 17.7 Å². The lowest BCUT2D eigenvalue weighted by molar-refractivity contribution is -0.117. The number of nitrogens with one attached hydrogen (secondary N) is 1. The molecule has 0 atom stereocenters. The third-order valence-corrected chi connectivity index (χ3v) is 2.83.